The van der Waals surface area contributed by atoms with Gasteiger partial charge in [-0.15, -0.1) is 0 Å². The zero-order valence-corrected chi connectivity index (χ0v) is 10.3. The molecule has 0 spiro atoms. The molecule has 0 aliphatic heterocycles. The third kappa shape index (κ3) is 2.27. The van der Waals surface area contributed by atoms with Crippen LogP contribution in [0.1, 0.15) is 10.9 Å². The van der Waals surface area contributed by atoms with Crippen LogP contribution in [0.15, 0.2) is 65.6 Å². The predicted molar refractivity (Wildman–Crippen MR) is 69.4 cm³/mol. The molecule has 0 fully saturated rings. The minimum Gasteiger partial charge on any atom is -0.291 e. The third-order valence-corrected chi connectivity index (χ3v) is 4.46. The van der Waals surface area contributed by atoms with E-state index < -0.39 is 15.2 Å². The number of rotatable bonds is 3. The van der Waals surface area contributed by atoms with Crippen LogP contribution in [0.2, 0.25) is 0 Å². The topological polar surface area (TPSA) is 38.5 Å². The van der Waals surface area contributed by atoms with Crippen molar-refractivity contribution in [3.8, 4) is 0 Å². The van der Waals surface area contributed by atoms with Crippen molar-refractivity contribution < 1.29 is 8.42 Å². The Morgan fingerprint density at radius 2 is 1.39 bits per heavy atom. The van der Waals surface area contributed by atoms with Crippen LogP contribution in [-0.4, -0.2) is 8.42 Å². The molecule has 2 aromatic rings. The molecule has 0 amide bonds. The molecule has 0 heterocycles. The van der Waals surface area contributed by atoms with E-state index in [1.807, 2.05) is 0 Å². The SMILES string of the molecule is [C-]#[N+][C@H](c1ccccc1)S(=O)(=O)c1ccccc1. The highest BCUT2D eigenvalue weighted by Gasteiger charge is 2.33. The molecule has 2 rings (SSSR count). The van der Waals surface area contributed by atoms with Gasteiger partial charge in [-0.25, -0.2) is 15.0 Å². The Morgan fingerprint density at radius 1 is 0.889 bits per heavy atom. The average Bonchev–Trinajstić information content (AvgIpc) is 2.41. The Balaban J connectivity index is 2.50. The van der Waals surface area contributed by atoms with Gasteiger partial charge in [0, 0.05) is 0 Å². The van der Waals surface area contributed by atoms with Gasteiger partial charge in [-0.05, 0) is 12.1 Å². The number of hydrogen-bond acceptors (Lipinski definition) is 2. The molecule has 18 heavy (non-hydrogen) atoms. The van der Waals surface area contributed by atoms with Gasteiger partial charge in [0.05, 0.1) is 10.5 Å². The van der Waals surface area contributed by atoms with Gasteiger partial charge in [-0.2, -0.15) is 0 Å². The zero-order chi connectivity index (χ0) is 13.0. The molecular weight excluding hydrogens is 246 g/mol. The van der Waals surface area contributed by atoms with Gasteiger partial charge in [0.15, 0.2) is 0 Å². The molecule has 2 aromatic carbocycles. The van der Waals surface area contributed by atoms with Crippen LogP contribution in [0, 0.1) is 6.57 Å². The van der Waals surface area contributed by atoms with Gasteiger partial charge in [0.1, 0.15) is 0 Å². The summed E-state index contributed by atoms with van der Waals surface area (Å²) in [6.45, 7) is 7.15. The molecule has 0 unspecified atom stereocenters. The molecule has 0 aliphatic carbocycles. The summed E-state index contributed by atoms with van der Waals surface area (Å²) in [6.07, 6.45) is 0. The van der Waals surface area contributed by atoms with Crippen LogP contribution < -0.4 is 0 Å². The van der Waals surface area contributed by atoms with E-state index in [9.17, 15) is 8.42 Å². The lowest BCUT2D eigenvalue weighted by atomic mass is 10.2. The Bertz CT molecular complexity index is 658. The van der Waals surface area contributed by atoms with Gasteiger partial charge in [-0.3, -0.25) is 4.85 Å². The monoisotopic (exact) mass is 257 g/mol. The van der Waals surface area contributed by atoms with E-state index in [1.165, 1.54) is 12.1 Å². The van der Waals surface area contributed by atoms with E-state index in [4.69, 9.17) is 6.57 Å². The van der Waals surface area contributed by atoms with E-state index in [-0.39, 0.29) is 4.90 Å². The summed E-state index contributed by atoms with van der Waals surface area (Å²) in [7, 11) is -3.66. The average molecular weight is 257 g/mol. The molecule has 90 valence electrons. The maximum atomic E-state index is 12.4. The summed E-state index contributed by atoms with van der Waals surface area (Å²) in [5.74, 6) is 0. The smallest absolute Gasteiger partial charge is 0.291 e. The van der Waals surface area contributed by atoms with E-state index >= 15 is 0 Å². The van der Waals surface area contributed by atoms with Crippen LogP contribution >= 0.6 is 0 Å². The largest absolute Gasteiger partial charge is 0.350 e. The maximum absolute atomic E-state index is 12.4. The Morgan fingerprint density at radius 3 is 1.89 bits per heavy atom. The molecule has 1 atom stereocenters. The summed E-state index contributed by atoms with van der Waals surface area (Å²) in [5.41, 5.74) is 0.497. The van der Waals surface area contributed by atoms with Crippen molar-refractivity contribution >= 4 is 9.84 Å². The van der Waals surface area contributed by atoms with Crippen molar-refractivity contribution in [2.45, 2.75) is 10.3 Å². The summed E-state index contributed by atoms with van der Waals surface area (Å²) in [4.78, 5) is 3.44. The fraction of sp³-hybridized carbons (Fsp3) is 0.0714. The predicted octanol–water partition coefficient (Wildman–Crippen LogP) is 3.08. The molecule has 4 heteroatoms. The normalized spacial score (nSPS) is 12.6. The van der Waals surface area contributed by atoms with Crippen molar-refractivity contribution in [1.29, 1.82) is 0 Å². The standard InChI is InChI=1S/C14H11NO2S/c1-15-14(12-8-4-2-5-9-12)18(16,17)13-10-6-3-7-11-13/h2-11,14H/t14-/m0/s1. The molecular formula is C14H11NO2S. The Kier molecular flexibility index (Phi) is 3.45. The Hall–Kier alpha value is -2.12. The van der Waals surface area contributed by atoms with Crippen molar-refractivity contribution in [3.63, 3.8) is 0 Å². The van der Waals surface area contributed by atoms with E-state index in [0.717, 1.165) is 0 Å². The van der Waals surface area contributed by atoms with Crippen molar-refractivity contribution in [2.24, 2.45) is 0 Å². The highest BCUT2D eigenvalue weighted by atomic mass is 32.2. The number of sulfone groups is 1. The lowest BCUT2D eigenvalue weighted by molar-refractivity contribution is 0.590. The van der Waals surface area contributed by atoms with Crippen molar-refractivity contribution in [3.05, 3.63) is 77.6 Å². The molecule has 0 bridgehead atoms. The van der Waals surface area contributed by atoms with Crippen LogP contribution in [-0.2, 0) is 9.84 Å². The first-order valence-corrected chi connectivity index (χ1v) is 6.91. The van der Waals surface area contributed by atoms with Crippen LogP contribution in [0.25, 0.3) is 4.85 Å². The van der Waals surface area contributed by atoms with Gasteiger partial charge >= 0.3 is 5.37 Å². The van der Waals surface area contributed by atoms with Crippen molar-refractivity contribution in [1.82, 2.24) is 0 Å². The molecule has 0 aliphatic rings. The van der Waals surface area contributed by atoms with E-state index in [0.29, 0.717) is 5.56 Å². The molecule has 0 saturated carbocycles. The summed E-state index contributed by atoms with van der Waals surface area (Å²) in [6, 6.07) is 16.6. The summed E-state index contributed by atoms with van der Waals surface area (Å²) >= 11 is 0. The number of nitrogens with zero attached hydrogens (tertiary/aromatic N) is 1. The zero-order valence-electron chi connectivity index (χ0n) is 9.52. The van der Waals surface area contributed by atoms with Gasteiger partial charge in [0.2, 0.25) is 0 Å². The number of hydrogen-bond donors (Lipinski definition) is 0. The van der Waals surface area contributed by atoms with Crippen LogP contribution in [0.5, 0.6) is 0 Å². The van der Waals surface area contributed by atoms with Crippen molar-refractivity contribution in [2.75, 3.05) is 0 Å². The lowest BCUT2D eigenvalue weighted by Gasteiger charge is -2.07. The highest BCUT2D eigenvalue weighted by Crippen LogP contribution is 2.29. The van der Waals surface area contributed by atoms with Gasteiger partial charge in [0.25, 0.3) is 9.84 Å². The van der Waals surface area contributed by atoms with Gasteiger partial charge < -0.3 is 0 Å². The lowest BCUT2D eigenvalue weighted by Crippen LogP contribution is -2.10. The van der Waals surface area contributed by atoms with Gasteiger partial charge in [-0.1, -0.05) is 48.5 Å². The van der Waals surface area contributed by atoms with Crippen LogP contribution in [0.4, 0.5) is 0 Å². The van der Waals surface area contributed by atoms with Crippen LogP contribution in [0.3, 0.4) is 0 Å². The summed E-state index contributed by atoms with van der Waals surface area (Å²) < 4.78 is 24.7. The molecule has 0 N–H and O–H groups in total. The minimum absolute atomic E-state index is 0.176. The van der Waals surface area contributed by atoms with E-state index in [2.05, 4.69) is 4.85 Å². The second-order valence-electron chi connectivity index (χ2n) is 3.75. The molecule has 0 saturated heterocycles. The Labute approximate surface area is 106 Å². The maximum Gasteiger partial charge on any atom is 0.350 e. The first kappa shape index (κ1) is 12.3. The first-order valence-electron chi connectivity index (χ1n) is 5.37. The fourth-order valence-electron chi connectivity index (χ4n) is 1.68. The highest BCUT2D eigenvalue weighted by molar-refractivity contribution is 7.91. The fourth-order valence-corrected chi connectivity index (χ4v) is 3.13. The minimum atomic E-state index is -3.66. The quantitative estimate of drug-likeness (QED) is 0.792. The molecule has 0 radical (unpaired) electrons. The number of benzene rings is 2. The second-order valence-corrected chi connectivity index (χ2v) is 5.76. The van der Waals surface area contributed by atoms with E-state index in [1.54, 1.807) is 48.5 Å². The first-order chi connectivity index (χ1) is 8.66. The third-order valence-electron chi connectivity index (χ3n) is 2.57. The molecule has 0 aromatic heterocycles. The molecule has 3 nitrogen and oxygen atoms in total. The summed E-state index contributed by atoms with van der Waals surface area (Å²) in [5, 5.41) is -1.18. The second kappa shape index (κ2) is 5.03.